The fraction of sp³-hybridized carbons (Fsp3) is 0.588. The lowest BCUT2D eigenvalue weighted by atomic mass is 9.71. The lowest BCUT2D eigenvalue weighted by Gasteiger charge is -2.43. The van der Waals surface area contributed by atoms with Crippen molar-refractivity contribution in [2.75, 3.05) is 13.1 Å². The monoisotopic (exact) mass is 324 g/mol. The number of carbonyl (C=O) groups excluding carboxylic acids is 1. The van der Waals surface area contributed by atoms with E-state index in [-0.39, 0.29) is 29.5 Å². The zero-order valence-electron chi connectivity index (χ0n) is 12.9. The number of rotatable bonds is 4. The second kappa shape index (κ2) is 6.93. The molecule has 1 aromatic carbocycles. The van der Waals surface area contributed by atoms with Gasteiger partial charge in [0.25, 0.3) is 5.91 Å². The second-order valence-electron chi connectivity index (χ2n) is 6.60. The van der Waals surface area contributed by atoms with Crippen molar-refractivity contribution in [3.8, 4) is 0 Å². The minimum atomic E-state index is -1.02. The number of amides is 1. The van der Waals surface area contributed by atoms with Crippen LogP contribution in [0.25, 0.3) is 0 Å². The molecule has 1 saturated carbocycles. The van der Waals surface area contributed by atoms with Gasteiger partial charge in [-0.25, -0.2) is 8.78 Å². The van der Waals surface area contributed by atoms with Gasteiger partial charge in [0.15, 0.2) is 11.6 Å². The number of benzene rings is 1. The summed E-state index contributed by atoms with van der Waals surface area (Å²) < 4.78 is 26.3. The highest BCUT2D eigenvalue weighted by Crippen LogP contribution is 2.35. The van der Waals surface area contributed by atoms with Crippen LogP contribution in [0.5, 0.6) is 0 Å². The number of aliphatic hydroxyl groups excluding tert-OH is 1. The molecule has 2 fully saturated rings. The van der Waals surface area contributed by atoms with Crippen LogP contribution in [0, 0.1) is 23.5 Å². The van der Waals surface area contributed by atoms with Crippen LogP contribution < -0.4 is 10.6 Å². The Morgan fingerprint density at radius 1 is 1.17 bits per heavy atom. The molecule has 0 spiro atoms. The molecule has 1 unspecified atom stereocenters. The molecule has 3 N–H and O–H groups in total. The molecule has 1 amide bonds. The number of hydrogen-bond donors (Lipinski definition) is 3. The Labute approximate surface area is 134 Å². The zero-order valence-corrected chi connectivity index (χ0v) is 12.9. The molecule has 6 heteroatoms. The molecule has 1 saturated heterocycles. The van der Waals surface area contributed by atoms with Crippen LogP contribution >= 0.6 is 0 Å². The van der Waals surface area contributed by atoms with Gasteiger partial charge >= 0.3 is 0 Å². The van der Waals surface area contributed by atoms with E-state index in [2.05, 4.69) is 10.6 Å². The standard InChI is InChI=1S/C17H22F2N2O2/c18-14-2-1-11(9-15(14)19)17(23)21-16(12-7-13(22)8-12)10-3-5-20-6-4-10/h1-2,9-10,12-13,16,20,22H,3-8H2,(H,21,23). The van der Waals surface area contributed by atoms with Crippen molar-refractivity contribution in [2.45, 2.75) is 37.8 Å². The fourth-order valence-corrected chi connectivity index (χ4v) is 3.62. The van der Waals surface area contributed by atoms with Crippen LogP contribution in [0.1, 0.15) is 36.0 Å². The quantitative estimate of drug-likeness (QED) is 0.792. The van der Waals surface area contributed by atoms with Gasteiger partial charge in [0.05, 0.1) is 6.10 Å². The molecule has 0 bridgehead atoms. The van der Waals surface area contributed by atoms with Gasteiger partial charge in [-0.15, -0.1) is 0 Å². The molecule has 126 valence electrons. The Morgan fingerprint density at radius 2 is 1.87 bits per heavy atom. The van der Waals surface area contributed by atoms with Crippen molar-refractivity contribution in [3.63, 3.8) is 0 Å². The summed E-state index contributed by atoms with van der Waals surface area (Å²) in [5, 5.41) is 15.9. The van der Waals surface area contributed by atoms with Gasteiger partial charge < -0.3 is 15.7 Å². The van der Waals surface area contributed by atoms with E-state index in [1.807, 2.05) is 0 Å². The molecule has 23 heavy (non-hydrogen) atoms. The molecule has 1 aromatic rings. The van der Waals surface area contributed by atoms with E-state index in [0.717, 1.165) is 38.1 Å². The highest BCUT2D eigenvalue weighted by atomic mass is 19.2. The third-order valence-corrected chi connectivity index (χ3v) is 5.03. The SMILES string of the molecule is O=C(NC(C1CCNCC1)C1CC(O)C1)c1ccc(F)c(F)c1. The Morgan fingerprint density at radius 3 is 2.48 bits per heavy atom. The van der Waals surface area contributed by atoms with Crippen LogP contribution in [-0.2, 0) is 0 Å². The summed E-state index contributed by atoms with van der Waals surface area (Å²) in [6, 6.07) is 3.17. The zero-order chi connectivity index (χ0) is 16.4. The Kier molecular flexibility index (Phi) is 4.92. The van der Waals surface area contributed by atoms with Gasteiger partial charge in [-0.05, 0) is 68.8 Å². The summed E-state index contributed by atoms with van der Waals surface area (Å²) in [6.45, 7) is 1.83. The minimum Gasteiger partial charge on any atom is -0.393 e. The number of carbonyl (C=O) groups is 1. The largest absolute Gasteiger partial charge is 0.393 e. The first-order valence-electron chi connectivity index (χ1n) is 8.19. The first-order chi connectivity index (χ1) is 11.0. The molecule has 3 rings (SSSR count). The third kappa shape index (κ3) is 3.70. The summed E-state index contributed by atoms with van der Waals surface area (Å²) >= 11 is 0. The molecule has 0 aromatic heterocycles. The minimum absolute atomic E-state index is 0.0267. The summed E-state index contributed by atoms with van der Waals surface area (Å²) in [6.07, 6.45) is 3.02. The highest BCUT2D eigenvalue weighted by Gasteiger charge is 2.39. The normalized spacial score (nSPS) is 26.4. The van der Waals surface area contributed by atoms with E-state index in [1.54, 1.807) is 0 Å². The van der Waals surface area contributed by atoms with Crippen molar-refractivity contribution < 1.29 is 18.7 Å². The molecule has 0 radical (unpaired) electrons. The molecule has 2 aliphatic rings. The third-order valence-electron chi connectivity index (χ3n) is 5.03. The summed E-state index contributed by atoms with van der Waals surface area (Å²) in [5.74, 6) is -1.76. The summed E-state index contributed by atoms with van der Waals surface area (Å²) in [4.78, 5) is 12.4. The Bertz CT molecular complexity index is 570. The van der Waals surface area contributed by atoms with E-state index in [4.69, 9.17) is 0 Å². The number of hydrogen-bond acceptors (Lipinski definition) is 3. The van der Waals surface area contributed by atoms with Gasteiger partial charge in [-0.3, -0.25) is 4.79 Å². The number of piperidine rings is 1. The van der Waals surface area contributed by atoms with Crippen molar-refractivity contribution in [1.82, 2.24) is 10.6 Å². The fourth-order valence-electron chi connectivity index (χ4n) is 3.62. The lowest BCUT2D eigenvalue weighted by molar-refractivity contribution is 0.00918. The second-order valence-corrected chi connectivity index (χ2v) is 6.60. The average molecular weight is 324 g/mol. The molecule has 1 aliphatic carbocycles. The van der Waals surface area contributed by atoms with Crippen molar-refractivity contribution in [2.24, 2.45) is 11.8 Å². The van der Waals surface area contributed by atoms with Crippen molar-refractivity contribution >= 4 is 5.91 Å². The van der Waals surface area contributed by atoms with Crippen LogP contribution in [0.2, 0.25) is 0 Å². The lowest BCUT2D eigenvalue weighted by Crippen LogP contribution is -2.52. The maximum atomic E-state index is 13.3. The van der Waals surface area contributed by atoms with E-state index in [1.165, 1.54) is 6.07 Å². The van der Waals surface area contributed by atoms with Crippen LogP contribution in [-0.4, -0.2) is 36.2 Å². The topological polar surface area (TPSA) is 61.4 Å². The highest BCUT2D eigenvalue weighted by molar-refractivity contribution is 5.94. The molecule has 1 atom stereocenters. The van der Waals surface area contributed by atoms with E-state index in [0.29, 0.717) is 18.8 Å². The average Bonchev–Trinajstić information content (AvgIpc) is 2.53. The molecule has 1 heterocycles. The number of nitrogens with one attached hydrogen (secondary N) is 2. The summed E-state index contributed by atoms with van der Waals surface area (Å²) in [5.41, 5.74) is 0.128. The Balaban J connectivity index is 1.71. The smallest absolute Gasteiger partial charge is 0.251 e. The maximum absolute atomic E-state index is 13.3. The van der Waals surface area contributed by atoms with E-state index in [9.17, 15) is 18.7 Å². The number of aliphatic hydroxyl groups is 1. The summed E-state index contributed by atoms with van der Waals surface area (Å²) in [7, 11) is 0. The Hall–Kier alpha value is -1.53. The number of halogens is 2. The van der Waals surface area contributed by atoms with Crippen LogP contribution in [0.3, 0.4) is 0 Å². The van der Waals surface area contributed by atoms with Crippen LogP contribution in [0.4, 0.5) is 8.78 Å². The predicted octanol–water partition coefficient (Wildman–Crippen LogP) is 1.83. The molecule has 4 nitrogen and oxygen atoms in total. The van der Waals surface area contributed by atoms with Crippen molar-refractivity contribution in [1.29, 1.82) is 0 Å². The van der Waals surface area contributed by atoms with Gasteiger partial charge in [-0.1, -0.05) is 0 Å². The van der Waals surface area contributed by atoms with Gasteiger partial charge in [0.1, 0.15) is 0 Å². The van der Waals surface area contributed by atoms with Crippen LogP contribution in [0.15, 0.2) is 18.2 Å². The van der Waals surface area contributed by atoms with Gasteiger partial charge in [0, 0.05) is 11.6 Å². The first-order valence-corrected chi connectivity index (χ1v) is 8.19. The molecule has 1 aliphatic heterocycles. The van der Waals surface area contributed by atoms with Gasteiger partial charge in [0.2, 0.25) is 0 Å². The predicted molar refractivity (Wildman–Crippen MR) is 81.9 cm³/mol. The first kappa shape index (κ1) is 16.3. The van der Waals surface area contributed by atoms with E-state index >= 15 is 0 Å². The molecular weight excluding hydrogens is 302 g/mol. The maximum Gasteiger partial charge on any atom is 0.251 e. The van der Waals surface area contributed by atoms with E-state index < -0.39 is 11.6 Å². The van der Waals surface area contributed by atoms with Gasteiger partial charge in [-0.2, -0.15) is 0 Å². The molecular formula is C17H22F2N2O2. The van der Waals surface area contributed by atoms with Crippen molar-refractivity contribution in [3.05, 3.63) is 35.4 Å².